The van der Waals surface area contributed by atoms with Gasteiger partial charge in [-0.1, -0.05) is 41.6 Å². The molecule has 2 aromatic carbocycles. The Morgan fingerprint density at radius 3 is 2.77 bits per heavy atom. The van der Waals surface area contributed by atoms with Gasteiger partial charge in [0.1, 0.15) is 16.6 Å². The van der Waals surface area contributed by atoms with Crippen molar-refractivity contribution in [3.8, 4) is 5.75 Å². The van der Waals surface area contributed by atoms with Crippen molar-refractivity contribution >= 4 is 45.9 Å². The van der Waals surface area contributed by atoms with Crippen LogP contribution in [-0.4, -0.2) is 28.2 Å². The molecule has 1 heterocycles. The number of amides is 1. The summed E-state index contributed by atoms with van der Waals surface area (Å²) in [6.45, 7) is 3.68. The third kappa shape index (κ3) is 4.08. The number of carbonyl (C=O) groups is 1. The SMILES string of the molecule is COc1ccc(Cl)cc1NC(=O)C(C)Sc1nc(C)nc2ccccc12. The van der Waals surface area contributed by atoms with Gasteiger partial charge >= 0.3 is 0 Å². The molecule has 0 aliphatic carbocycles. The predicted octanol–water partition coefficient (Wildman–Crippen LogP) is 4.72. The molecule has 0 saturated carbocycles. The Bertz CT molecular complexity index is 965. The minimum atomic E-state index is -0.364. The summed E-state index contributed by atoms with van der Waals surface area (Å²) >= 11 is 7.42. The molecule has 0 radical (unpaired) electrons. The highest BCUT2D eigenvalue weighted by Gasteiger charge is 2.19. The van der Waals surface area contributed by atoms with E-state index in [9.17, 15) is 4.79 Å². The van der Waals surface area contributed by atoms with Crippen LogP contribution in [0.2, 0.25) is 5.02 Å². The second-order valence-corrected chi connectivity index (χ2v) is 7.45. The molecular weight excluding hydrogens is 370 g/mol. The van der Waals surface area contributed by atoms with Gasteiger partial charge in [-0.3, -0.25) is 4.79 Å². The van der Waals surface area contributed by atoms with Crippen molar-refractivity contribution in [3.63, 3.8) is 0 Å². The zero-order valence-electron chi connectivity index (χ0n) is 14.6. The number of carbonyl (C=O) groups excluding carboxylic acids is 1. The molecule has 3 aromatic rings. The Hall–Kier alpha value is -2.31. The second kappa shape index (κ2) is 7.93. The van der Waals surface area contributed by atoms with Crippen LogP contribution in [0, 0.1) is 6.92 Å². The monoisotopic (exact) mass is 387 g/mol. The van der Waals surface area contributed by atoms with Gasteiger partial charge in [-0.25, -0.2) is 9.97 Å². The number of ether oxygens (including phenoxy) is 1. The maximum atomic E-state index is 12.6. The molecule has 1 unspecified atom stereocenters. The highest BCUT2D eigenvalue weighted by molar-refractivity contribution is 8.00. The van der Waals surface area contributed by atoms with Crippen LogP contribution in [0.5, 0.6) is 5.75 Å². The van der Waals surface area contributed by atoms with E-state index in [1.54, 1.807) is 25.3 Å². The fourth-order valence-electron chi connectivity index (χ4n) is 2.48. The summed E-state index contributed by atoms with van der Waals surface area (Å²) in [5, 5.41) is 4.75. The molecule has 5 nitrogen and oxygen atoms in total. The molecule has 1 amide bonds. The largest absolute Gasteiger partial charge is 0.495 e. The van der Waals surface area contributed by atoms with E-state index in [0.29, 0.717) is 22.3 Å². The topological polar surface area (TPSA) is 64.1 Å². The van der Waals surface area contributed by atoms with E-state index in [4.69, 9.17) is 16.3 Å². The first kappa shape index (κ1) is 18.5. The van der Waals surface area contributed by atoms with Gasteiger partial charge in [0.15, 0.2) is 0 Å². The smallest absolute Gasteiger partial charge is 0.237 e. The van der Waals surface area contributed by atoms with Crippen LogP contribution in [0.25, 0.3) is 10.9 Å². The van der Waals surface area contributed by atoms with E-state index in [1.807, 2.05) is 38.1 Å². The molecule has 7 heteroatoms. The number of benzene rings is 2. The number of thioether (sulfide) groups is 1. The number of hydrogen-bond donors (Lipinski definition) is 1. The maximum absolute atomic E-state index is 12.6. The number of methoxy groups -OCH3 is 1. The third-order valence-electron chi connectivity index (χ3n) is 3.76. The van der Waals surface area contributed by atoms with Crippen LogP contribution in [0.15, 0.2) is 47.5 Å². The standard InChI is InChI=1S/C19H18ClN3O2S/c1-11(18(24)23-16-10-13(20)8-9-17(16)25-3)26-19-14-6-4-5-7-15(14)21-12(2)22-19/h4-11H,1-3H3,(H,23,24). The average molecular weight is 388 g/mol. The first-order valence-corrected chi connectivity index (χ1v) is 9.28. The fraction of sp³-hybridized carbons (Fsp3) is 0.211. The molecule has 3 rings (SSSR count). The number of para-hydroxylation sites is 1. The summed E-state index contributed by atoms with van der Waals surface area (Å²) in [6, 6.07) is 12.9. The Morgan fingerprint density at radius 2 is 2.00 bits per heavy atom. The first-order chi connectivity index (χ1) is 12.5. The molecule has 134 valence electrons. The molecule has 0 saturated heterocycles. The number of aryl methyl sites for hydroxylation is 1. The third-order valence-corrected chi connectivity index (χ3v) is 5.09. The summed E-state index contributed by atoms with van der Waals surface area (Å²) in [5.74, 6) is 1.08. The van der Waals surface area contributed by atoms with Crippen LogP contribution in [0.4, 0.5) is 5.69 Å². The van der Waals surface area contributed by atoms with Crippen molar-refractivity contribution in [1.82, 2.24) is 9.97 Å². The number of nitrogens with zero attached hydrogens (tertiary/aromatic N) is 2. The Morgan fingerprint density at radius 1 is 1.23 bits per heavy atom. The lowest BCUT2D eigenvalue weighted by molar-refractivity contribution is -0.115. The lowest BCUT2D eigenvalue weighted by Crippen LogP contribution is -2.23. The van der Waals surface area contributed by atoms with Crippen LogP contribution in [-0.2, 0) is 4.79 Å². The van der Waals surface area contributed by atoms with Crippen LogP contribution < -0.4 is 10.1 Å². The van der Waals surface area contributed by atoms with Crippen molar-refractivity contribution in [3.05, 3.63) is 53.3 Å². The number of nitrogens with one attached hydrogen (secondary N) is 1. The second-order valence-electron chi connectivity index (χ2n) is 5.69. The highest BCUT2D eigenvalue weighted by atomic mass is 35.5. The highest BCUT2D eigenvalue weighted by Crippen LogP contribution is 2.31. The summed E-state index contributed by atoms with van der Waals surface area (Å²) in [5.41, 5.74) is 1.41. The van der Waals surface area contributed by atoms with Crippen LogP contribution >= 0.6 is 23.4 Å². The lowest BCUT2D eigenvalue weighted by atomic mass is 10.2. The van der Waals surface area contributed by atoms with Crippen molar-refractivity contribution in [2.45, 2.75) is 24.1 Å². The van der Waals surface area contributed by atoms with E-state index >= 15 is 0 Å². The number of anilines is 1. The van der Waals surface area contributed by atoms with Gasteiger partial charge in [0.25, 0.3) is 0 Å². The van der Waals surface area contributed by atoms with Gasteiger partial charge in [-0.05, 0) is 38.1 Å². The molecule has 0 bridgehead atoms. The van der Waals surface area contributed by atoms with E-state index < -0.39 is 0 Å². The predicted molar refractivity (Wildman–Crippen MR) is 106 cm³/mol. The van der Waals surface area contributed by atoms with E-state index in [-0.39, 0.29) is 11.2 Å². The van der Waals surface area contributed by atoms with E-state index in [1.165, 1.54) is 11.8 Å². The van der Waals surface area contributed by atoms with Crippen molar-refractivity contribution in [2.24, 2.45) is 0 Å². The minimum Gasteiger partial charge on any atom is -0.495 e. The number of rotatable bonds is 5. The normalized spacial score (nSPS) is 12.0. The Kier molecular flexibility index (Phi) is 5.64. The molecule has 0 spiro atoms. The fourth-order valence-corrected chi connectivity index (χ4v) is 3.64. The summed E-state index contributed by atoms with van der Waals surface area (Å²) in [6.07, 6.45) is 0. The van der Waals surface area contributed by atoms with Gasteiger partial charge in [0, 0.05) is 10.4 Å². The molecule has 1 N–H and O–H groups in total. The van der Waals surface area contributed by atoms with Crippen LogP contribution in [0.3, 0.4) is 0 Å². The number of halogens is 1. The van der Waals surface area contributed by atoms with Gasteiger partial charge in [0.05, 0.1) is 23.6 Å². The lowest BCUT2D eigenvalue weighted by Gasteiger charge is -2.15. The maximum Gasteiger partial charge on any atom is 0.237 e. The molecule has 0 aliphatic heterocycles. The number of hydrogen-bond acceptors (Lipinski definition) is 5. The van der Waals surface area contributed by atoms with Crippen molar-refractivity contribution in [2.75, 3.05) is 12.4 Å². The summed E-state index contributed by atoms with van der Waals surface area (Å²) in [4.78, 5) is 21.6. The Labute approximate surface area is 161 Å². The molecule has 0 aliphatic rings. The first-order valence-electron chi connectivity index (χ1n) is 8.02. The number of aromatic nitrogens is 2. The molecular formula is C19H18ClN3O2S. The zero-order chi connectivity index (χ0) is 18.7. The van der Waals surface area contributed by atoms with Gasteiger partial charge < -0.3 is 10.1 Å². The van der Waals surface area contributed by atoms with E-state index in [0.717, 1.165) is 15.9 Å². The summed E-state index contributed by atoms with van der Waals surface area (Å²) in [7, 11) is 1.55. The Balaban J connectivity index is 1.81. The van der Waals surface area contributed by atoms with E-state index in [2.05, 4.69) is 15.3 Å². The average Bonchev–Trinajstić information content (AvgIpc) is 2.61. The molecule has 1 aromatic heterocycles. The van der Waals surface area contributed by atoms with Crippen molar-refractivity contribution < 1.29 is 9.53 Å². The van der Waals surface area contributed by atoms with Crippen LogP contribution in [0.1, 0.15) is 12.7 Å². The van der Waals surface area contributed by atoms with Gasteiger partial charge in [-0.15, -0.1) is 0 Å². The quantitative estimate of drug-likeness (QED) is 0.507. The molecule has 26 heavy (non-hydrogen) atoms. The zero-order valence-corrected chi connectivity index (χ0v) is 16.2. The molecule has 1 atom stereocenters. The van der Waals surface area contributed by atoms with Crippen molar-refractivity contribution in [1.29, 1.82) is 0 Å². The minimum absolute atomic E-state index is 0.157. The van der Waals surface area contributed by atoms with Gasteiger partial charge in [-0.2, -0.15) is 0 Å². The van der Waals surface area contributed by atoms with Gasteiger partial charge in [0.2, 0.25) is 5.91 Å². The summed E-state index contributed by atoms with van der Waals surface area (Å²) < 4.78 is 5.27. The number of fused-ring (bicyclic) bond motifs is 1. The molecule has 0 fully saturated rings.